The van der Waals surface area contributed by atoms with E-state index in [0.717, 1.165) is 0 Å². The van der Waals surface area contributed by atoms with Crippen LogP contribution in [-0.4, -0.2) is 68.4 Å². The highest BCUT2D eigenvalue weighted by Gasteiger charge is 2.41. The fourth-order valence-corrected chi connectivity index (χ4v) is 2.94. The summed E-state index contributed by atoms with van der Waals surface area (Å²) in [5, 5.41) is 0. The van der Waals surface area contributed by atoms with Crippen LogP contribution in [0.5, 0.6) is 0 Å². The van der Waals surface area contributed by atoms with Crippen LogP contribution in [0, 0.1) is 5.92 Å². The van der Waals surface area contributed by atoms with Gasteiger partial charge in [0.1, 0.15) is 0 Å². The second-order valence-corrected chi connectivity index (χ2v) is 5.74. The molecule has 0 radical (unpaired) electrons. The number of nitrogens with zero attached hydrogens (tertiary/aromatic N) is 1. The summed E-state index contributed by atoms with van der Waals surface area (Å²) in [4.78, 5) is 35.6. The number of carbonyl (C=O) groups excluding carboxylic acids is 3. The zero-order valence-electron chi connectivity index (χ0n) is 14.3. The zero-order chi connectivity index (χ0) is 17.3. The van der Waals surface area contributed by atoms with Crippen LogP contribution in [0.3, 0.4) is 0 Å². The minimum Gasteiger partial charge on any atom is -0.466 e. The van der Waals surface area contributed by atoms with Gasteiger partial charge in [-0.1, -0.05) is 0 Å². The average Bonchev–Trinajstić information content (AvgIpc) is 2.48. The molecular weight excluding hydrogens is 302 g/mol. The van der Waals surface area contributed by atoms with Crippen molar-refractivity contribution in [1.29, 1.82) is 0 Å². The van der Waals surface area contributed by atoms with Crippen molar-refractivity contribution in [2.45, 2.75) is 33.6 Å². The Morgan fingerprint density at radius 2 is 1.26 bits per heavy atom. The quantitative estimate of drug-likeness (QED) is 0.374. The first-order chi connectivity index (χ1) is 11.0. The van der Waals surface area contributed by atoms with Gasteiger partial charge in [-0.05, 0) is 20.8 Å². The van der Waals surface area contributed by atoms with E-state index in [1.807, 2.05) is 0 Å². The van der Waals surface area contributed by atoms with Crippen molar-refractivity contribution < 1.29 is 33.1 Å². The number of carbonyl (C=O) groups is 3. The number of ether oxygens (including phenoxy) is 3. The molecule has 7 nitrogen and oxygen atoms in total. The van der Waals surface area contributed by atoms with E-state index in [-0.39, 0.29) is 41.4 Å². The molecule has 1 saturated heterocycles. The molecule has 0 aliphatic carbocycles. The fourth-order valence-electron chi connectivity index (χ4n) is 2.94. The molecule has 1 heterocycles. The third kappa shape index (κ3) is 6.17. The van der Waals surface area contributed by atoms with Gasteiger partial charge in [0.15, 0.2) is 13.1 Å². The van der Waals surface area contributed by atoms with E-state index in [9.17, 15) is 14.4 Å². The summed E-state index contributed by atoms with van der Waals surface area (Å²) in [5.74, 6) is -1.01. The number of quaternary nitrogens is 1. The highest BCUT2D eigenvalue weighted by molar-refractivity contribution is 5.74. The normalized spacial score (nSPS) is 17.3. The van der Waals surface area contributed by atoms with Crippen LogP contribution in [0.4, 0.5) is 0 Å². The van der Waals surface area contributed by atoms with Crippen LogP contribution < -0.4 is 0 Å². The summed E-state index contributed by atoms with van der Waals surface area (Å²) in [7, 11) is 0. The second-order valence-electron chi connectivity index (χ2n) is 5.74. The lowest BCUT2D eigenvalue weighted by Crippen LogP contribution is -2.59. The van der Waals surface area contributed by atoms with Gasteiger partial charge in [0.2, 0.25) is 0 Å². The van der Waals surface area contributed by atoms with Gasteiger partial charge >= 0.3 is 17.9 Å². The molecule has 132 valence electrons. The van der Waals surface area contributed by atoms with Crippen molar-refractivity contribution in [3.63, 3.8) is 0 Å². The smallest absolute Gasteiger partial charge is 0.361 e. The van der Waals surface area contributed by atoms with Gasteiger partial charge in [0.25, 0.3) is 0 Å². The van der Waals surface area contributed by atoms with Crippen LogP contribution in [0.15, 0.2) is 0 Å². The predicted molar refractivity (Wildman–Crippen MR) is 82.4 cm³/mol. The summed E-state index contributed by atoms with van der Waals surface area (Å²) in [6.07, 6.45) is 1.19. The molecule has 1 fully saturated rings. The third-order valence-electron chi connectivity index (χ3n) is 4.06. The Morgan fingerprint density at radius 3 is 1.65 bits per heavy atom. The summed E-state index contributed by atoms with van der Waals surface area (Å²) in [5.41, 5.74) is 0. The van der Waals surface area contributed by atoms with Gasteiger partial charge < -0.3 is 18.7 Å². The van der Waals surface area contributed by atoms with Gasteiger partial charge in [-0.15, -0.1) is 0 Å². The molecule has 0 N–H and O–H groups in total. The van der Waals surface area contributed by atoms with Crippen molar-refractivity contribution in [3.8, 4) is 0 Å². The lowest BCUT2D eigenvalue weighted by Gasteiger charge is -2.41. The Bertz CT molecular complexity index is 393. The summed E-state index contributed by atoms with van der Waals surface area (Å²) >= 11 is 0. The molecule has 0 unspecified atom stereocenters. The van der Waals surface area contributed by atoms with Crippen molar-refractivity contribution in [2.75, 3.05) is 46.0 Å². The molecule has 23 heavy (non-hydrogen) atoms. The molecule has 0 atom stereocenters. The first-order valence-electron chi connectivity index (χ1n) is 8.29. The Labute approximate surface area is 137 Å². The van der Waals surface area contributed by atoms with E-state index in [1.165, 1.54) is 0 Å². The van der Waals surface area contributed by atoms with Crippen LogP contribution in [0.2, 0.25) is 0 Å². The van der Waals surface area contributed by atoms with Crippen molar-refractivity contribution in [1.82, 2.24) is 0 Å². The lowest BCUT2D eigenvalue weighted by molar-refractivity contribution is -0.919. The Kier molecular flexibility index (Phi) is 8.02. The topological polar surface area (TPSA) is 78.9 Å². The Balaban J connectivity index is 2.72. The summed E-state index contributed by atoms with van der Waals surface area (Å²) in [6, 6.07) is 0. The molecule has 1 rings (SSSR count). The van der Waals surface area contributed by atoms with E-state index in [1.54, 1.807) is 20.8 Å². The minimum atomic E-state index is -0.327. The highest BCUT2D eigenvalue weighted by Crippen LogP contribution is 2.25. The van der Waals surface area contributed by atoms with Crippen LogP contribution >= 0.6 is 0 Å². The van der Waals surface area contributed by atoms with E-state index >= 15 is 0 Å². The first-order valence-corrected chi connectivity index (χ1v) is 8.29. The molecule has 0 bridgehead atoms. The standard InChI is InChI=1S/C16H28NO6/c1-4-21-14(18)11-17(12-15(19)22-5-2)9-7-13(8-10-17)16(20)23-6-3/h13H,4-12H2,1-3H3/q+1. The minimum absolute atomic E-state index is 0.127. The maximum Gasteiger partial charge on any atom is 0.361 e. The maximum atomic E-state index is 11.9. The second kappa shape index (κ2) is 9.50. The van der Waals surface area contributed by atoms with Crippen LogP contribution in [-0.2, 0) is 28.6 Å². The van der Waals surface area contributed by atoms with E-state index in [0.29, 0.717) is 45.8 Å². The SMILES string of the molecule is CCOC(=O)C[N+]1(CC(=O)OCC)CCC(C(=O)OCC)CC1. The predicted octanol–water partition coefficient (Wildman–Crippen LogP) is 0.903. The zero-order valence-corrected chi connectivity index (χ0v) is 14.3. The molecule has 1 aliphatic heterocycles. The molecule has 0 amide bonds. The Morgan fingerprint density at radius 1 is 0.826 bits per heavy atom. The molecule has 0 aromatic heterocycles. The van der Waals surface area contributed by atoms with Gasteiger partial charge in [-0.3, -0.25) is 4.79 Å². The van der Waals surface area contributed by atoms with E-state index in [4.69, 9.17) is 14.2 Å². The number of likely N-dealkylation sites (tertiary alicyclic amines) is 1. The van der Waals surface area contributed by atoms with Crippen molar-refractivity contribution in [2.24, 2.45) is 5.92 Å². The number of rotatable bonds is 8. The average molecular weight is 330 g/mol. The molecule has 0 saturated carbocycles. The van der Waals surface area contributed by atoms with Gasteiger partial charge in [0, 0.05) is 12.8 Å². The van der Waals surface area contributed by atoms with E-state index in [2.05, 4.69) is 0 Å². The molecule has 1 aliphatic rings. The largest absolute Gasteiger partial charge is 0.466 e. The number of piperidine rings is 1. The molecule has 0 aromatic rings. The third-order valence-corrected chi connectivity index (χ3v) is 4.06. The van der Waals surface area contributed by atoms with E-state index < -0.39 is 0 Å². The maximum absolute atomic E-state index is 11.9. The molecule has 0 aromatic carbocycles. The van der Waals surface area contributed by atoms with Gasteiger partial charge in [-0.25, -0.2) is 9.59 Å². The van der Waals surface area contributed by atoms with Crippen LogP contribution in [0.25, 0.3) is 0 Å². The first kappa shape index (κ1) is 19.4. The lowest BCUT2D eigenvalue weighted by atomic mass is 9.94. The monoisotopic (exact) mass is 330 g/mol. The van der Waals surface area contributed by atoms with Crippen LogP contribution in [0.1, 0.15) is 33.6 Å². The summed E-state index contributed by atoms with van der Waals surface area (Å²) < 4.78 is 15.4. The van der Waals surface area contributed by atoms with Gasteiger partial charge in [0.05, 0.1) is 38.8 Å². The summed E-state index contributed by atoms with van der Waals surface area (Å²) in [6.45, 7) is 7.63. The molecule has 0 spiro atoms. The number of esters is 3. The number of hydrogen-bond acceptors (Lipinski definition) is 6. The molecule has 7 heteroatoms. The number of hydrogen-bond donors (Lipinski definition) is 0. The van der Waals surface area contributed by atoms with Gasteiger partial charge in [-0.2, -0.15) is 0 Å². The Hall–Kier alpha value is -1.63. The fraction of sp³-hybridized carbons (Fsp3) is 0.812. The van der Waals surface area contributed by atoms with Crippen molar-refractivity contribution >= 4 is 17.9 Å². The van der Waals surface area contributed by atoms with Crippen molar-refractivity contribution in [3.05, 3.63) is 0 Å². The highest BCUT2D eigenvalue weighted by atomic mass is 16.5. The molecular formula is C16H28NO6+.